The number of imidazole rings is 1. The van der Waals surface area contributed by atoms with Gasteiger partial charge in [-0.15, -0.1) is 0 Å². The molecule has 3 nitrogen and oxygen atoms in total. The zero-order chi connectivity index (χ0) is 19.2. The summed E-state index contributed by atoms with van der Waals surface area (Å²) < 4.78 is 2.38. The first-order valence-electron chi connectivity index (χ1n) is 10.1. The Kier molecular flexibility index (Phi) is 6.97. The molecule has 0 bridgehead atoms. The van der Waals surface area contributed by atoms with Crippen molar-refractivity contribution in [2.45, 2.75) is 56.6 Å². The van der Waals surface area contributed by atoms with Gasteiger partial charge in [0.05, 0.1) is 11.0 Å². The molecule has 1 heterocycles. The van der Waals surface area contributed by atoms with Crippen molar-refractivity contribution in [3.8, 4) is 0 Å². The van der Waals surface area contributed by atoms with Crippen LogP contribution < -0.4 is 0 Å². The molecule has 1 aromatic heterocycles. The zero-order valence-corrected chi connectivity index (χ0v) is 17.8. The van der Waals surface area contributed by atoms with E-state index in [1.165, 1.54) is 22.4 Å². The van der Waals surface area contributed by atoms with E-state index in [0.717, 1.165) is 36.9 Å². The molecule has 0 saturated carbocycles. The third-order valence-electron chi connectivity index (χ3n) is 5.42. The van der Waals surface area contributed by atoms with Crippen molar-refractivity contribution in [1.29, 1.82) is 0 Å². The van der Waals surface area contributed by atoms with E-state index in [9.17, 15) is 0 Å². The molecule has 144 valence electrons. The first kappa shape index (κ1) is 20.0. The van der Waals surface area contributed by atoms with Crippen molar-refractivity contribution in [2.24, 2.45) is 0 Å². The first-order valence-corrected chi connectivity index (χ1v) is 10.9. The predicted octanol–water partition coefficient (Wildman–Crippen LogP) is 6.04. The maximum absolute atomic E-state index is 4.92. The van der Waals surface area contributed by atoms with Gasteiger partial charge in [0.2, 0.25) is 0 Å². The molecule has 0 aliphatic carbocycles. The van der Waals surface area contributed by atoms with Gasteiger partial charge in [0.1, 0.15) is 0 Å². The van der Waals surface area contributed by atoms with E-state index in [0.29, 0.717) is 5.92 Å². The van der Waals surface area contributed by atoms with Crippen LogP contribution in [0.4, 0.5) is 0 Å². The third-order valence-corrected chi connectivity index (χ3v) is 6.43. The molecule has 0 aliphatic heterocycles. The average Bonchev–Trinajstić information content (AvgIpc) is 3.06. The van der Waals surface area contributed by atoms with E-state index in [-0.39, 0.29) is 0 Å². The quantitative estimate of drug-likeness (QED) is 0.451. The number of likely N-dealkylation sites (N-methyl/N-ethyl adjacent to an activating group) is 1. The van der Waals surface area contributed by atoms with Gasteiger partial charge in [0, 0.05) is 18.0 Å². The number of hydrogen-bond acceptors (Lipinski definition) is 3. The van der Waals surface area contributed by atoms with Crippen LogP contribution in [0.3, 0.4) is 0 Å². The molecule has 4 heteroatoms. The number of hydrogen-bond donors (Lipinski definition) is 0. The Labute approximate surface area is 167 Å². The summed E-state index contributed by atoms with van der Waals surface area (Å²) in [5, 5.41) is 1.08. The largest absolute Gasteiger partial charge is 0.317 e. The van der Waals surface area contributed by atoms with Gasteiger partial charge in [-0.05, 0) is 55.3 Å². The molecule has 0 fully saturated rings. The van der Waals surface area contributed by atoms with Crippen molar-refractivity contribution < 1.29 is 0 Å². The number of aromatic nitrogens is 2. The molecule has 2 aromatic carbocycles. The number of fused-ring (bicyclic) bond motifs is 1. The van der Waals surface area contributed by atoms with Gasteiger partial charge in [-0.1, -0.05) is 63.7 Å². The molecule has 3 aromatic rings. The van der Waals surface area contributed by atoms with Crippen LogP contribution in [0.25, 0.3) is 11.0 Å². The molecule has 27 heavy (non-hydrogen) atoms. The lowest BCUT2D eigenvalue weighted by atomic mass is 9.99. The Morgan fingerprint density at radius 1 is 1.00 bits per heavy atom. The van der Waals surface area contributed by atoms with E-state index >= 15 is 0 Å². The molecule has 0 saturated heterocycles. The summed E-state index contributed by atoms with van der Waals surface area (Å²) >= 11 is 1.77. The Morgan fingerprint density at radius 2 is 1.70 bits per heavy atom. The summed E-state index contributed by atoms with van der Waals surface area (Å²) in [5.41, 5.74) is 3.72. The van der Waals surface area contributed by atoms with E-state index in [2.05, 4.69) is 85.7 Å². The van der Waals surface area contributed by atoms with Crippen LogP contribution >= 0.6 is 11.8 Å². The Bertz CT molecular complexity index is 850. The Balaban J connectivity index is 1.85. The first-order chi connectivity index (χ1) is 13.2. The lowest BCUT2D eigenvalue weighted by molar-refractivity contribution is 0.288. The van der Waals surface area contributed by atoms with Crippen molar-refractivity contribution in [3.05, 3.63) is 54.1 Å². The second kappa shape index (κ2) is 9.43. The van der Waals surface area contributed by atoms with Gasteiger partial charge in [0.25, 0.3) is 0 Å². The number of benzene rings is 2. The average molecular weight is 382 g/mol. The molecule has 0 amide bonds. The fourth-order valence-corrected chi connectivity index (χ4v) is 4.26. The maximum Gasteiger partial charge on any atom is 0.173 e. The van der Waals surface area contributed by atoms with Crippen LogP contribution in [0.5, 0.6) is 0 Å². The van der Waals surface area contributed by atoms with Gasteiger partial charge in [-0.2, -0.15) is 0 Å². The van der Waals surface area contributed by atoms with E-state index in [4.69, 9.17) is 4.98 Å². The SMILES string of the molecule is CCC(C)c1ccc(Sc2nc3ccccc3n2CCN(CC)CC)cc1. The minimum Gasteiger partial charge on any atom is -0.317 e. The third kappa shape index (κ3) is 4.74. The van der Waals surface area contributed by atoms with Crippen molar-refractivity contribution >= 4 is 22.8 Å². The molecule has 3 rings (SSSR count). The van der Waals surface area contributed by atoms with Gasteiger partial charge in [-0.25, -0.2) is 4.98 Å². The molecule has 0 N–H and O–H groups in total. The highest BCUT2D eigenvalue weighted by Gasteiger charge is 2.13. The zero-order valence-electron chi connectivity index (χ0n) is 17.0. The summed E-state index contributed by atoms with van der Waals surface area (Å²) in [6, 6.07) is 17.5. The molecule has 0 spiro atoms. The summed E-state index contributed by atoms with van der Waals surface area (Å²) in [6.45, 7) is 13.2. The highest BCUT2D eigenvalue weighted by molar-refractivity contribution is 7.99. The predicted molar refractivity (Wildman–Crippen MR) is 117 cm³/mol. The van der Waals surface area contributed by atoms with Crippen molar-refractivity contribution in [1.82, 2.24) is 14.5 Å². The molecular weight excluding hydrogens is 350 g/mol. The second-order valence-electron chi connectivity index (χ2n) is 7.04. The monoisotopic (exact) mass is 381 g/mol. The van der Waals surface area contributed by atoms with Crippen LogP contribution in [0.2, 0.25) is 0 Å². The minimum absolute atomic E-state index is 0.614. The Hall–Kier alpha value is -1.78. The van der Waals surface area contributed by atoms with E-state index < -0.39 is 0 Å². The molecular formula is C23H31N3S. The van der Waals surface area contributed by atoms with E-state index in [1.807, 2.05) is 0 Å². The van der Waals surface area contributed by atoms with Gasteiger partial charge in [-0.3, -0.25) is 0 Å². The number of para-hydroxylation sites is 2. The minimum atomic E-state index is 0.614. The fourth-order valence-electron chi connectivity index (χ4n) is 3.33. The smallest absolute Gasteiger partial charge is 0.173 e. The Morgan fingerprint density at radius 3 is 2.37 bits per heavy atom. The highest BCUT2D eigenvalue weighted by Crippen LogP contribution is 2.31. The fraction of sp³-hybridized carbons (Fsp3) is 0.435. The summed E-state index contributed by atoms with van der Waals surface area (Å²) in [7, 11) is 0. The number of nitrogens with zero attached hydrogens (tertiary/aromatic N) is 3. The molecule has 1 unspecified atom stereocenters. The van der Waals surface area contributed by atoms with E-state index in [1.54, 1.807) is 11.8 Å². The van der Waals surface area contributed by atoms with Crippen molar-refractivity contribution in [2.75, 3.05) is 19.6 Å². The van der Waals surface area contributed by atoms with Gasteiger partial charge < -0.3 is 9.47 Å². The second-order valence-corrected chi connectivity index (χ2v) is 8.08. The van der Waals surface area contributed by atoms with Crippen LogP contribution in [-0.4, -0.2) is 34.1 Å². The van der Waals surface area contributed by atoms with Gasteiger partial charge in [0.15, 0.2) is 5.16 Å². The lowest BCUT2D eigenvalue weighted by Gasteiger charge is -2.19. The number of rotatable bonds is 9. The summed E-state index contributed by atoms with van der Waals surface area (Å²) in [5.74, 6) is 0.614. The summed E-state index contributed by atoms with van der Waals surface area (Å²) in [6.07, 6.45) is 1.17. The van der Waals surface area contributed by atoms with Crippen molar-refractivity contribution in [3.63, 3.8) is 0 Å². The topological polar surface area (TPSA) is 21.1 Å². The molecule has 0 aliphatic rings. The maximum atomic E-state index is 4.92. The standard InChI is InChI=1S/C23H31N3S/c1-5-18(4)19-12-14-20(15-13-19)27-23-24-21-10-8-9-11-22(21)26(23)17-16-25(6-2)7-3/h8-15,18H,5-7,16-17H2,1-4H3. The van der Waals surface area contributed by atoms with Crippen LogP contribution in [0.1, 0.15) is 45.6 Å². The normalized spacial score (nSPS) is 12.8. The lowest BCUT2D eigenvalue weighted by Crippen LogP contribution is -2.27. The highest BCUT2D eigenvalue weighted by atomic mass is 32.2. The van der Waals surface area contributed by atoms with Gasteiger partial charge >= 0.3 is 0 Å². The molecule has 1 atom stereocenters. The van der Waals surface area contributed by atoms with Crippen LogP contribution in [-0.2, 0) is 6.54 Å². The molecule has 0 radical (unpaired) electrons. The van der Waals surface area contributed by atoms with Crippen LogP contribution in [0, 0.1) is 0 Å². The summed E-state index contributed by atoms with van der Waals surface area (Å²) in [4.78, 5) is 8.63. The van der Waals surface area contributed by atoms with Crippen LogP contribution in [0.15, 0.2) is 58.6 Å².